The molecule has 1 aromatic heterocycles. The van der Waals surface area contributed by atoms with E-state index in [1.165, 1.54) is 4.90 Å². The molecule has 0 saturated carbocycles. The SMILES string of the molecule is CC[NH+](CC)Cc1c(O)ccc2c(C)c(-c3ccccc3)c(=O)oc12. The summed E-state index contributed by atoms with van der Waals surface area (Å²) < 4.78 is 5.70. The standard InChI is InChI=1S/C21H23NO3/c1-4-22(5-2)13-17-18(23)12-11-16-14(3)19(21(24)25-20(16)17)15-9-7-6-8-10-15/h6-12,23H,4-5,13H2,1-3H3/p+1. The van der Waals surface area contributed by atoms with Gasteiger partial charge >= 0.3 is 5.63 Å². The van der Waals surface area contributed by atoms with Crippen molar-refractivity contribution in [1.82, 2.24) is 0 Å². The highest BCUT2D eigenvalue weighted by Gasteiger charge is 2.19. The van der Waals surface area contributed by atoms with Crippen molar-refractivity contribution in [2.24, 2.45) is 0 Å². The molecule has 25 heavy (non-hydrogen) atoms. The minimum absolute atomic E-state index is 0.182. The van der Waals surface area contributed by atoms with E-state index >= 15 is 0 Å². The predicted octanol–water partition coefficient (Wildman–Crippen LogP) is 2.90. The molecular formula is C21H24NO3+. The van der Waals surface area contributed by atoms with Crippen molar-refractivity contribution >= 4 is 11.0 Å². The van der Waals surface area contributed by atoms with Gasteiger partial charge in [-0.05, 0) is 44.0 Å². The number of fused-ring (bicyclic) bond motifs is 1. The second-order valence-corrected chi connectivity index (χ2v) is 6.33. The van der Waals surface area contributed by atoms with Crippen LogP contribution in [0.5, 0.6) is 5.75 Å². The van der Waals surface area contributed by atoms with Crippen LogP contribution in [0.4, 0.5) is 0 Å². The molecule has 0 spiro atoms. The van der Waals surface area contributed by atoms with Crippen LogP contribution in [0.1, 0.15) is 25.0 Å². The minimum Gasteiger partial charge on any atom is -0.507 e. The number of aromatic hydroxyl groups is 1. The number of rotatable bonds is 5. The van der Waals surface area contributed by atoms with E-state index in [0.29, 0.717) is 23.3 Å². The zero-order valence-corrected chi connectivity index (χ0v) is 14.9. The normalized spacial score (nSPS) is 11.4. The van der Waals surface area contributed by atoms with Gasteiger partial charge in [0, 0.05) is 5.39 Å². The molecule has 0 unspecified atom stereocenters. The fourth-order valence-electron chi connectivity index (χ4n) is 3.32. The molecular weight excluding hydrogens is 314 g/mol. The Kier molecular flexibility index (Phi) is 4.91. The topological polar surface area (TPSA) is 54.9 Å². The lowest BCUT2D eigenvalue weighted by Crippen LogP contribution is -3.10. The Morgan fingerprint density at radius 2 is 1.72 bits per heavy atom. The predicted molar refractivity (Wildman–Crippen MR) is 100 cm³/mol. The Morgan fingerprint density at radius 3 is 2.36 bits per heavy atom. The molecule has 0 aliphatic heterocycles. The molecule has 0 bridgehead atoms. The summed E-state index contributed by atoms with van der Waals surface area (Å²) >= 11 is 0. The molecule has 2 N–H and O–H groups in total. The Morgan fingerprint density at radius 1 is 1.04 bits per heavy atom. The highest BCUT2D eigenvalue weighted by Crippen LogP contribution is 2.31. The van der Waals surface area contributed by atoms with Crippen LogP contribution in [0, 0.1) is 6.92 Å². The van der Waals surface area contributed by atoms with Gasteiger partial charge in [-0.25, -0.2) is 4.79 Å². The van der Waals surface area contributed by atoms with Gasteiger partial charge < -0.3 is 14.4 Å². The number of aryl methyl sites for hydroxylation is 1. The summed E-state index contributed by atoms with van der Waals surface area (Å²) in [6, 6.07) is 13.1. The van der Waals surface area contributed by atoms with Crippen molar-refractivity contribution in [3.63, 3.8) is 0 Å². The van der Waals surface area contributed by atoms with Crippen molar-refractivity contribution in [3.05, 3.63) is 64.0 Å². The van der Waals surface area contributed by atoms with Crippen LogP contribution in [0.25, 0.3) is 22.1 Å². The molecule has 0 amide bonds. The van der Waals surface area contributed by atoms with Crippen LogP contribution in [0.15, 0.2) is 51.7 Å². The van der Waals surface area contributed by atoms with E-state index in [9.17, 15) is 9.90 Å². The van der Waals surface area contributed by atoms with E-state index in [1.54, 1.807) is 6.07 Å². The number of hydrogen-bond acceptors (Lipinski definition) is 3. The molecule has 3 rings (SSSR count). The fraction of sp³-hybridized carbons (Fsp3) is 0.286. The second-order valence-electron chi connectivity index (χ2n) is 6.33. The zero-order chi connectivity index (χ0) is 18.0. The molecule has 1 heterocycles. The third-order valence-electron chi connectivity index (χ3n) is 4.90. The summed E-state index contributed by atoms with van der Waals surface area (Å²) in [5, 5.41) is 11.2. The maximum atomic E-state index is 12.7. The first-order chi connectivity index (χ1) is 12.1. The second kappa shape index (κ2) is 7.11. The number of benzene rings is 2. The smallest absolute Gasteiger partial charge is 0.344 e. The molecule has 4 nitrogen and oxygen atoms in total. The molecule has 0 aliphatic rings. The van der Waals surface area contributed by atoms with Crippen molar-refractivity contribution in [1.29, 1.82) is 0 Å². The average molecular weight is 338 g/mol. The largest absolute Gasteiger partial charge is 0.507 e. The third-order valence-corrected chi connectivity index (χ3v) is 4.90. The van der Waals surface area contributed by atoms with E-state index < -0.39 is 0 Å². The Bertz CT molecular complexity index is 941. The van der Waals surface area contributed by atoms with E-state index in [2.05, 4.69) is 13.8 Å². The highest BCUT2D eigenvalue weighted by atomic mass is 16.4. The average Bonchev–Trinajstić information content (AvgIpc) is 2.62. The van der Waals surface area contributed by atoms with Crippen molar-refractivity contribution in [2.75, 3.05) is 13.1 Å². The lowest BCUT2D eigenvalue weighted by Gasteiger charge is -2.17. The minimum atomic E-state index is -0.363. The molecule has 0 radical (unpaired) electrons. The van der Waals surface area contributed by atoms with Crippen LogP contribution in [-0.4, -0.2) is 18.2 Å². The van der Waals surface area contributed by atoms with Gasteiger partial charge in [0.25, 0.3) is 0 Å². The number of nitrogens with one attached hydrogen (secondary N) is 1. The lowest BCUT2D eigenvalue weighted by atomic mass is 9.98. The van der Waals surface area contributed by atoms with Gasteiger partial charge in [0.1, 0.15) is 12.3 Å². The summed E-state index contributed by atoms with van der Waals surface area (Å²) in [6.45, 7) is 8.66. The summed E-state index contributed by atoms with van der Waals surface area (Å²) in [5.41, 5.74) is 3.16. The molecule has 0 atom stereocenters. The zero-order valence-electron chi connectivity index (χ0n) is 14.9. The molecule has 2 aromatic carbocycles. The van der Waals surface area contributed by atoms with Crippen LogP contribution in [0.2, 0.25) is 0 Å². The van der Waals surface area contributed by atoms with Gasteiger partial charge in [0.05, 0.1) is 24.2 Å². The van der Waals surface area contributed by atoms with Gasteiger partial charge in [0.15, 0.2) is 5.58 Å². The van der Waals surface area contributed by atoms with Gasteiger partial charge in [-0.1, -0.05) is 30.3 Å². The van der Waals surface area contributed by atoms with Gasteiger partial charge in [-0.15, -0.1) is 0 Å². The molecule has 4 heteroatoms. The Hall–Kier alpha value is -2.59. The van der Waals surface area contributed by atoms with Crippen LogP contribution < -0.4 is 10.5 Å². The maximum Gasteiger partial charge on any atom is 0.344 e. The van der Waals surface area contributed by atoms with Crippen LogP contribution in [-0.2, 0) is 6.54 Å². The first kappa shape index (κ1) is 17.2. The molecule has 0 saturated heterocycles. The van der Waals surface area contributed by atoms with Crippen molar-refractivity contribution in [2.45, 2.75) is 27.3 Å². The van der Waals surface area contributed by atoms with E-state index in [-0.39, 0.29) is 11.4 Å². The van der Waals surface area contributed by atoms with Crippen LogP contribution in [0.3, 0.4) is 0 Å². The lowest BCUT2D eigenvalue weighted by molar-refractivity contribution is -0.910. The summed E-state index contributed by atoms with van der Waals surface area (Å²) in [4.78, 5) is 14.0. The Balaban J connectivity index is 2.25. The summed E-state index contributed by atoms with van der Waals surface area (Å²) in [7, 11) is 0. The fourth-order valence-corrected chi connectivity index (χ4v) is 3.32. The van der Waals surface area contributed by atoms with Crippen LogP contribution >= 0.6 is 0 Å². The number of phenols is 1. The number of quaternary nitrogens is 1. The monoisotopic (exact) mass is 338 g/mol. The number of phenolic OH excluding ortho intramolecular Hbond substituents is 1. The quantitative estimate of drug-likeness (QED) is 0.703. The van der Waals surface area contributed by atoms with Gasteiger partial charge in [0.2, 0.25) is 0 Å². The first-order valence-electron chi connectivity index (χ1n) is 8.74. The van der Waals surface area contributed by atoms with Gasteiger partial charge in [-0.2, -0.15) is 0 Å². The molecule has 130 valence electrons. The third kappa shape index (κ3) is 3.17. The van der Waals surface area contributed by atoms with E-state index in [1.807, 2.05) is 43.3 Å². The van der Waals surface area contributed by atoms with Crippen molar-refractivity contribution in [3.8, 4) is 16.9 Å². The summed E-state index contributed by atoms with van der Waals surface area (Å²) in [5.74, 6) is 0.182. The number of hydrogen-bond donors (Lipinski definition) is 2. The molecule has 0 aliphatic carbocycles. The van der Waals surface area contributed by atoms with Gasteiger partial charge in [-0.3, -0.25) is 0 Å². The molecule has 3 aromatic rings. The molecule has 0 fully saturated rings. The van der Waals surface area contributed by atoms with E-state index in [4.69, 9.17) is 4.42 Å². The first-order valence-corrected chi connectivity index (χ1v) is 8.74. The highest BCUT2D eigenvalue weighted by molar-refractivity contribution is 5.89. The maximum absolute atomic E-state index is 12.7. The summed E-state index contributed by atoms with van der Waals surface area (Å²) in [6.07, 6.45) is 0. The van der Waals surface area contributed by atoms with Crippen molar-refractivity contribution < 1.29 is 14.4 Å². The van der Waals surface area contributed by atoms with E-state index in [0.717, 1.165) is 29.6 Å². The Labute approximate surface area is 147 Å².